The topological polar surface area (TPSA) is 75.9 Å². The number of piperazine rings is 1. The first-order chi connectivity index (χ1) is 12.5. The highest BCUT2D eigenvalue weighted by Gasteiger charge is 2.30. The minimum atomic E-state index is -0.145. The van der Waals surface area contributed by atoms with Crippen LogP contribution in [-0.2, 0) is 4.79 Å². The van der Waals surface area contributed by atoms with Crippen LogP contribution in [0.15, 0.2) is 12.1 Å². The van der Waals surface area contributed by atoms with Crippen molar-refractivity contribution in [3.8, 4) is 5.75 Å². The smallest absolute Gasteiger partial charge is 0.257 e. The number of anilines is 1. The number of hydrogen-bond donors (Lipinski definition) is 1. The fourth-order valence-electron chi connectivity index (χ4n) is 3.81. The highest BCUT2D eigenvalue weighted by Crippen LogP contribution is 2.30. The molecule has 0 unspecified atom stereocenters. The Kier molecular flexibility index (Phi) is 5.91. The average molecular weight is 380 g/mol. The number of ether oxygens (including phenoxy) is 1. The summed E-state index contributed by atoms with van der Waals surface area (Å²) in [4.78, 5) is 29.2. The highest BCUT2D eigenvalue weighted by molar-refractivity contribution is 6.33. The van der Waals surface area contributed by atoms with Gasteiger partial charge in [-0.1, -0.05) is 30.9 Å². The Hall–Kier alpha value is -1.95. The lowest BCUT2D eigenvalue weighted by Gasteiger charge is -2.37. The summed E-state index contributed by atoms with van der Waals surface area (Å²) < 4.78 is 5.28. The van der Waals surface area contributed by atoms with Crippen LogP contribution < -0.4 is 10.5 Å². The van der Waals surface area contributed by atoms with E-state index in [4.69, 9.17) is 22.1 Å². The third kappa shape index (κ3) is 3.90. The SMILES string of the molecule is COc1cc(N)c(Cl)cc1C(=O)N1CCN(C(=O)C2CCCCC2)CC1. The maximum Gasteiger partial charge on any atom is 0.257 e. The van der Waals surface area contributed by atoms with E-state index in [2.05, 4.69) is 0 Å². The van der Waals surface area contributed by atoms with Gasteiger partial charge in [0.1, 0.15) is 5.75 Å². The van der Waals surface area contributed by atoms with Crippen LogP contribution in [-0.4, -0.2) is 54.9 Å². The fourth-order valence-corrected chi connectivity index (χ4v) is 3.98. The summed E-state index contributed by atoms with van der Waals surface area (Å²) in [5.74, 6) is 0.693. The van der Waals surface area contributed by atoms with Crippen molar-refractivity contribution in [3.63, 3.8) is 0 Å². The molecule has 0 spiro atoms. The van der Waals surface area contributed by atoms with Gasteiger partial charge in [-0.15, -0.1) is 0 Å². The number of carbonyl (C=O) groups is 2. The molecular formula is C19H26ClN3O3. The molecule has 3 rings (SSSR count). The van der Waals surface area contributed by atoms with E-state index in [-0.39, 0.29) is 17.7 Å². The molecule has 2 aliphatic rings. The first-order valence-electron chi connectivity index (χ1n) is 9.22. The summed E-state index contributed by atoms with van der Waals surface area (Å²) >= 11 is 6.07. The van der Waals surface area contributed by atoms with Crippen LogP contribution in [0.2, 0.25) is 5.02 Å². The van der Waals surface area contributed by atoms with Crippen molar-refractivity contribution in [2.75, 3.05) is 39.0 Å². The van der Waals surface area contributed by atoms with Gasteiger partial charge in [0.15, 0.2) is 0 Å². The van der Waals surface area contributed by atoms with Crippen LogP contribution in [0, 0.1) is 5.92 Å². The van der Waals surface area contributed by atoms with Crippen LogP contribution in [0.25, 0.3) is 0 Å². The molecule has 1 aliphatic carbocycles. The van der Waals surface area contributed by atoms with Crippen molar-refractivity contribution in [2.24, 2.45) is 5.92 Å². The van der Waals surface area contributed by atoms with Gasteiger partial charge in [-0.3, -0.25) is 9.59 Å². The van der Waals surface area contributed by atoms with Crippen molar-refractivity contribution in [1.29, 1.82) is 0 Å². The lowest BCUT2D eigenvalue weighted by molar-refractivity contribution is -0.138. The van der Waals surface area contributed by atoms with Crippen LogP contribution in [0.5, 0.6) is 5.75 Å². The highest BCUT2D eigenvalue weighted by atomic mass is 35.5. The number of methoxy groups -OCH3 is 1. The van der Waals surface area contributed by atoms with Crippen LogP contribution in [0.1, 0.15) is 42.5 Å². The van der Waals surface area contributed by atoms with Crippen molar-refractivity contribution in [3.05, 3.63) is 22.7 Å². The third-order valence-electron chi connectivity index (χ3n) is 5.38. The Morgan fingerprint density at radius 3 is 2.31 bits per heavy atom. The Morgan fingerprint density at radius 1 is 1.08 bits per heavy atom. The molecule has 0 atom stereocenters. The Bertz CT molecular complexity index is 681. The van der Waals surface area contributed by atoms with E-state index >= 15 is 0 Å². The zero-order valence-corrected chi connectivity index (χ0v) is 15.9. The first-order valence-corrected chi connectivity index (χ1v) is 9.60. The van der Waals surface area contributed by atoms with E-state index in [0.717, 1.165) is 25.7 Å². The van der Waals surface area contributed by atoms with Crippen LogP contribution in [0.3, 0.4) is 0 Å². The number of carbonyl (C=O) groups excluding carboxylic acids is 2. The predicted octanol–water partition coefficient (Wildman–Crippen LogP) is 2.80. The first kappa shape index (κ1) is 18.8. The quantitative estimate of drug-likeness (QED) is 0.819. The Labute approximate surface area is 159 Å². The molecule has 1 heterocycles. The molecule has 7 heteroatoms. The summed E-state index contributed by atoms with van der Waals surface area (Å²) in [6.07, 6.45) is 5.52. The van der Waals surface area contributed by atoms with Gasteiger partial charge in [0, 0.05) is 38.2 Å². The van der Waals surface area contributed by atoms with E-state index in [1.54, 1.807) is 17.0 Å². The maximum absolute atomic E-state index is 12.9. The lowest BCUT2D eigenvalue weighted by Crippen LogP contribution is -2.52. The molecule has 6 nitrogen and oxygen atoms in total. The second-order valence-electron chi connectivity index (χ2n) is 7.03. The lowest BCUT2D eigenvalue weighted by atomic mass is 9.88. The van der Waals surface area contributed by atoms with Gasteiger partial charge in [-0.2, -0.15) is 0 Å². The average Bonchev–Trinajstić information content (AvgIpc) is 2.69. The third-order valence-corrected chi connectivity index (χ3v) is 5.71. The van der Waals surface area contributed by atoms with Crippen molar-refractivity contribution in [1.82, 2.24) is 9.80 Å². The zero-order valence-electron chi connectivity index (χ0n) is 15.2. The molecule has 0 radical (unpaired) electrons. The molecule has 26 heavy (non-hydrogen) atoms. The predicted molar refractivity (Wildman–Crippen MR) is 101 cm³/mol. The Balaban J connectivity index is 1.63. The van der Waals surface area contributed by atoms with E-state index in [9.17, 15) is 9.59 Å². The number of hydrogen-bond acceptors (Lipinski definition) is 4. The molecule has 1 aromatic rings. The minimum Gasteiger partial charge on any atom is -0.496 e. The summed E-state index contributed by atoms with van der Waals surface area (Å²) in [6.45, 7) is 2.18. The van der Waals surface area contributed by atoms with Gasteiger partial charge >= 0.3 is 0 Å². The molecule has 0 aromatic heterocycles. The minimum absolute atomic E-state index is 0.145. The molecule has 2 N–H and O–H groups in total. The normalized spacial score (nSPS) is 18.7. The van der Waals surface area contributed by atoms with Crippen LogP contribution in [0.4, 0.5) is 5.69 Å². The number of nitrogens with two attached hydrogens (primary N) is 1. The van der Waals surface area contributed by atoms with Gasteiger partial charge in [-0.25, -0.2) is 0 Å². The molecular weight excluding hydrogens is 354 g/mol. The summed E-state index contributed by atoms with van der Waals surface area (Å²) in [5, 5.41) is 0.334. The summed E-state index contributed by atoms with van der Waals surface area (Å²) in [6, 6.07) is 3.12. The van der Waals surface area contributed by atoms with Gasteiger partial charge in [0.05, 0.1) is 23.4 Å². The molecule has 1 aromatic carbocycles. The molecule has 2 fully saturated rings. The van der Waals surface area contributed by atoms with Crippen molar-refractivity contribution in [2.45, 2.75) is 32.1 Å². The summed E-state index contributed by atoms with van der Waals surface area (Å²) in [7, 11) is 1.50. The van der Waals surface area contributed by atoms with Crippen LogP contribution >= 0.6 is 11.6 Å². The molecule has 2 amide bonds. The second-order valence-corrected chi connectivity index (χ2v) is 7.43. The van der Waals surface area contributed by atoms with Gasteiger partial charge in [0.2, 0.25) is 5.91 Å². The maximum atomic E-state index is 12.9. The zero-order chi connectivity index (χ0) is 18.7. The summed E-state index contributed by atoms with van der Waals surface area (Å²) in [5.41, 5.74) is 6.56. The fraction of sp³-hybridized carbons (Fsp3) is 0.579. The number of halogens is 1. The second kappa shape index (κ2) is 8.16. The monoisotopic (exact) mass is 379 g/mol. The number of amides is 2. The molecule has 1 saturated heterocycles. The van der Waals surface area contributed by atoms with Gasteiger partial charge < -0.3 is 20.3 Å². The van der Waals surface area contributed by atoms with Gasteiger partial charge in [0.25, 0.3) is 5.91 Å². The van der Waals surface area contributed by atoms with Crippen molar-refractivity contribution >= 4 is 29.1 Å². The number of rotatable bonds is 3. The molecule has 1 aliphatic heterocycles. The standard InChI is InChI=1S/C19H26ClN3O3/c1-26-17-12-16(21)15(20)11-14(17)19(25)23-9-7-22(8-10-23)18(24)13-5-3-2-4-6-13/h11-13H,2-10,21H2,1H3. The molecule has 142 valence electrons. The number of nitrogen functional groups attached to an aromatic ring is 1. The number of benzene rings is 1. The van der Waals surface area contributed by atoms with E-state index < -0.39 is 0 Å². The van der Waals surface area contributed by atoms with Gasteiger partial charge in [-0.05, 0) is 18.9 Å². The van der Waals surface area contributed by atoms with E-state index in [0.29, 0.717) is 48.2 Å². The largest absolute Gasteiger partial charge is 0.496 e. The van der Waals surface area contributed by atoms with Crippen molar-refractivity contribution < 1.29 is 14.3 Å². The molecule has 1 saturated carbocycles. The van der Waals surface area contributed by atoms with E-state index in [1.807, 2.05) is 4.90 Å². The number of nitrogens with zero attached hydrogens (tertiary/aromatic N) is 2. The van der Waals surface area contributed by atoms with E-state index in [1.165, 1.54) is 13.5 Å². The molecule has 0 bridgehead atoms. The Morgan fingerprint density at radius 2 is 1.69 bits per heavy atom.